The molecule has 0 radical (unpaired) electrons. The van der Waals surface area contributed by atoms with Crippen molar-refractivity contribution < 1.29 is 13.6 Å². The lowest BCUT2D eigenvalue weighted by Gasteiger charge is -2.43. The number of hydrogen-bond acceptors (Lipinski definition) is 5. The summed E-state index contributed by atoms with van der Waals surface area (Å²) in [6.07, 6.45) is 3.26. The molecule has 2 aromatic carbocycles. The van der Waals surface area contributed by atoms with E-state index in [0.717, 1.165) is 5.56 Å². The molecule has 222 valence electrons. The van der Waals surface area contributed by atoms with Crippen LogP contribution >= 0.6 is 11.6 Å². The van der Waals surface area contributed by atoms with Crippen molar-refractivity contribution in [2.75, 3.05) is 23.7 Å². The highest BCUT2D eigenvalue weighted by Gasteiger charge is 2.42. The predicted octanol–water partition coefficient (Wildman–Crippen LogP) is 6.15. The van der Waals surface area contributed by atoms with Crippen molar-refractivity contribution in [1.29, 1.82) is 0 Å². The molecule has 6 rings (SSSR count). The average Bonchev–Trinajstić information content (AvgIpc) is 3.33. The molecule has 4 aromatic rings. The van der Waals surface area contributed by atoms with E-state index < -0.39 is 17.2 Å². The Hall–Kier alpha value is -4.24. The second-order valence-electron chi connectivity index (χ2n) is 11.7. The number of benzene rings is 2. The number of fused-ring (bicyclic) bond motifs is 5. The second kappa shape index (κ2) is 10.5. The number of halogens is 3. The number of pyridine rings is 2. The molecule has 1 amide bonds. The zero-order chi connectivity index (χ0) is 30.9. The molecule has 1 fully saturated rings. The van der Waals surface area contributed by atoms with E-state index in [1.807, 2.05) is 32.6 Å². The van der Waals surface area contributed by atoms with Crippen molar-refractivity contribution in [1.82, 2.24) is 14.5 Å². The first-order chi connectivity index (χ1) is 20.4. The van der Waals surface area contributed by atoms with Crippen LogP contribution in [0.3, 0.4) is 0 Å². The number of aromatic nitrogens is 2. The Labute approximate surface area is 253 Å². The lowest BCUT2D eigenvalue weighted by Crippen LogP contribution is -2.57. The molecule has 0 spiro atoms. The molecule has 7 nitrogen and oxygen atoms in total. The van der Waals surface area contributed by atoms with Crippen LogP contribution in [0.2, 0.25) is 5.02 Å². The SMILES string of the molecule is C=CC(=O)N1CC2Cc3c(c4cc(F)c(-c5cc(N)ccc5Cl)c(F)c4n(-c4c(C)ccnc4C(C)C)c3=O)N2CC1C. The van der Waals surface area contributed by atoms with Crippen LogP contribution in [0.5, 0.6) is 0 Å². The summed E-state index contributed by atoms with van der Waals surface area (Å²) in [4.78, 5) is 35.5. The van der Waals surface area contributed by atoms with E-state index in [2.05, 4.69) is 11.6 Å². The van der Waals surface area contributed by atoms with E-state index in [1.165, 1.54) is 28.8 Å². The molecule has 2 aromatic heterocycles. The normalized spacial score (nSPS) is 17.9. The Kier molecular flexibility index (Phi) is 7.04. The second-order valence-corrected chi connectivity index (χ2v) is 12.1. The number of carbonyl (C=O) groups excluding carboxylic acids is 1. The van der Waals surface area contributed by atoms with Crippen LogP contribution in [0.4, 0.5) is 20.2 Å². The molecule has 2 aliphatic heterocycles. The first-order valence-electron chi connectivity index (χ1n) is 14.2. The molecule has 4 heterocycles. The molecular weight excluding hydrogens is 572 g/mol. The number of piperazine rings is 1. The summed E-state index contributed by atoms with van der Waals surface area (Å²) >= 11 is 6.44. The van der Waals surface area contributed by atoms with Crippen LogP contribution in [0.25, 0.3) is 27.7 Å². The van der Waals surface area contributed by atoms with E-state index in [0.29, 0.717) is 47.8 Å². The number of carbonyl (C=O) groups is 1. The number of aryl methyl sites for hydroxylation is 1. The Morgan fingerprint density at radius 1 is 1.19 bits per heavy atom. The fourth-order valence-corrected chi connectivity index (χ4v) is 6.86. The van der Waals surface area contributed by atoms with Gasteiger partial charge in [0, 0.05) is 59.0 Å². The molecule has 0 saturated carbocycles. The quantitative estimate of drug-likeness (QED) is 0.224. The van der Waals surface area contributed by atoms with Gasteiger partial charge in [-0.2, -0.15) is 0 Å². The van der Waals surface area contributed by atoms with Crippen molar-refractivity contribution in [3.8, 4) is 16.8 Å². The predicted molar refractivity (Wildman–Crippen MR) is 167 cm³/mol. The van der Waals surface area contributed by atoms with Crippen LogP contribution < -0.4 is 16.2 Å². The van der Waals surface area contributed by atoms with Crippen molar-refractivity contribution in [2.24, 2.45) is 0 Å². The number of anilines is 2. The lowest BCUT2D eigenvalue weighted by atomic mass is 9.97. The zero-order valence-corrected chi connectivity index (χ0v) is 25.2. The summed E-state index contributed by atoms with van der Waals surface area (Å²) < 4.78 is 34.6. The highest BCUT2D eigenvalue weighted by atomic mass is 35.5. The third kappa shape index (κ3) is 4.40. The summed E-state index contributed by atoms with van der Waals surface area (Å²) in [5.41, 5.74) is 8.29. The van der Waals surface area contributed by atoms with Crippen LogP contribution in [0.15, 0.2) is 54.0 Å². The van der Waals surface area contributed by atoms with Crippen LogP contribution in [-0.2, 0) is 11.2 Å². The number of amides is 1. The third-order valence-electron chi connectivity index (χ3n) is 8.63. The fraction of sp³-hybridized carbons (Fsp3) is 0.303. The molecule has 10 heteroatoms. The minimum absolute atomic E-state index is 0.0606. The largest absolute Gasteiger partial charge is 0.399 e. The number of nitrogens with zero attached hydrogens (tertiary/aromatic N) is 4. The van der Waals surface area contributed by atoms with Crippen molar-refractivity contribution in [3.05, 3.63) is 93.0 Å². The third-order valence-corrected chi connectivity index (χ3v) is 8.96. The molecule has 2 unspecified atom stereocenters. The fourth-order valence-electron chi connectivity index (χ4n) is 6.65. The van der Waals surface area contributed by atoms with Crippen LogP contribution in [0, 0.1) is 18.6 Å². The maximum atomic E-state index is 17.1. The summed E-state index contributed by atoms with van der Waals surface area (Å²) in [5, 5.41) is 0.392. The average molecular weight is 604 g/mol. The highest BCUT2D eigenvalue weighted by molar-refractivity contribution is 6.33. The smallest absolute Gasteiger partial charge is 0.261 e. The van der Waals surface area contributed by atoms with Gasteiger partial charge in [0.25, 0.3) is 5.56 Å². The summed E-state index contributed by atoms with van der Waals surface area (Å²) in [7, 11) is 0. The van der Waals surface area contributed by atoms with Crippen molar-refractivity contribution >= 4 is 39.8 Å². The van der Waals surface area contributed by atoms with Gasteiger partial charge in [-0.3, -0.25) is 19.1 Å². The maximum absolute atomic E-state index is 17.1. The van der Waals surface area contributed by atoms with Crippen molar-refractivity contribution in [3.63, 3.8) is 0 Å². The van der Waals surface area contributed by atoms with Crippen LogP contribution in [-0.4, -0.2) is 45.5 Å². The van der Waals surface area contributed by atoms with Gasteiger partial charge in [-0.15, -0.1) is 0 Å². The molecule has 43 heavy (non-hydrogen) atoms. The summed E-state index contributed by atoms with van der Waals surface area (Å²) in [6, 6.07) is 7.08. The molecule has 2 atom stereocenters. The monoisotopic (exact) mass is 603 g/mol. The number of nitrogen functional groups attached to an aromatic ring is 1. The Bertz CT molecular complexity index is 1900. The van der Waals surface area contributed by atoms with Gasteiger partial charge in [0.05, 0.1) is 34.2 Å². The first-order valence-corrected chi connectivity index (χ1v) is 14.6. The van der Waals surface area contributed by atoms with E-state index in [9.17, 15) is 9.59 Å². The molecule has 2 N–H and O–H groups in total. The molecule has 0 aliphatic carbocycles. The maximum Gasteiger partial charge on any atom is 0.261 e. The number of nitrogens with two attached hydrogens (primary N) is 1. The molecule has 2 aliphatic rings. The Morgan fingerprint density at radius 2 is 1.93 bits per heavy atom. The van der Waals surface area contributed by atoms with E-state index in [1.54, 1.807) is 23.2 Å². The highest BCUT2D eigenvalue weighted by Crippen LogP contribution is 2.44. The summed E-state index contributed by atoms with van der Waals surface area (Å²) in [5.74, 6) is -2.04. The molecule has 0 bridgehead atoms. The minimum atomic E-state index is -0.919. The van der Waals surface area contributed by atoms with Gasteiger partial charge in [0.1, 0.15) is 5.82 Å². The topological polar surface area (TPSA) is 84.5 Å². The van der Waals surface area contributed by atoms with Crippen molar-refractivity contribution in [2.45, 2.75) is 52.1 Å². The summed E-state index contributed by atoms with van der Waals surface area (Å²) in [6.45, 7) is 12.0. The number of rotatable bonds is 4. The molecular formula is C33H32ClF2N5O2. The Morgan fingerprint density at radius 3 is 2.63 bits per heavy atom. The van der Waals surface area contributed by atoms with Gasteiger partial charge < -0.3 is 15.5 Å². The molecule has 1 saturated heterocycles. The lowest BCUT2D eigenvalue weighted by molar-refractivity contribution is -0.128. The van der Waals surface area contributed by atoms with E-state index in [-0.39, 0.29) is 51.0 Å². The van der Waals surface area contributed by atoms with Gasteiger partial charge >= 0.3 is 0 Å². The standard InChI is InChI=1S/C33H32ClF2N5O2/c1-6-26(42)39-15-20-12-23-31(40(20)14-18(39)5)22-13-25(35)27(21-11-19(37)7-8-24(21)34)28(36)32(22)41(33(23)43)30-17(4)9-10-38-29(30)16(2)3/h6-11,13,16,18,20H,1,12,14-15,37H2,2-5H3. The minimum Gasteiger partial charge on any atom is -0.399 e. The van der Waals surface area contributed by atoms with Crippen LogP contribution in [0.1, 0.15) is 43.5 Å². The number of hydrogen-bond donors (Lipinski definition) is 1. The first kappa shape index (κ1) is 28.9. The van der Waals surface area contributed by atoms with E-state index in [4.69, 9.17) is 17.3 Å². The Balaban J connectivity index is 1.73. The van der Waals surface area contributed by atoms with E-state index >= 15 is 8.78 Å². The van der Waals surface area contributed by atoms with Gasteiger partial charge in [-0.05, 0) is 61.7 Å². The van der Waals surface area contributed by atoms with Gasteiger partial charge in [0.2, 0.25) is 5.91 Å². The zero-order valence-electron chi connectivity index (χ0n) is 24.4. The van der Waals surface area contributed by atoms with Gasteiger partial charge in [-0.1, -0.05) is 32.0 Å². The van der Waals surface area contributed by atoms with Gasteiger partial charge in [0.15, 0.2) is 5.82 Å². The van der Waals surface area contributed by atoms with Gasteiger partial charge in [-0.25, -0.2) is 8.78 Å².